The molecule has 2 aromatic heterocycles. The number of carbonyl (C=O) groups excluding carboxylic acids is 1. The van der Waals surface area contributed by atoms with E-state index in [4.69, 9.17) is 8.83 Å². The molecule has 0 radical (unpaired) electrons. The van der Waals surface area contributed by atoms with Gasteiger partial charge in [0.25, 0.3) is 11.8 Å². The number of carbonyl (C=O) groups is 1. The van der Waals surface area contributed by atoms with Crippen molar-refractivity contribution in [1.29, 1.82) is 0 Å². The molecule has 106 valence electrons. The number of nitrogens with one attached hydrogen (secondary N) is 1. The monoisotopic (exact) mass is 411 g/mol. The van der Waals surface area contributed by atoms with Crippen LogP contribution in [0.2, 0.25) is 0 Å². The second kappa shape index (κ2) is 5.82. The Bertz CT molecular complexity index is 780. The van der Waals surface area contributed by atoms with Crippen molar-refractivity contribution in [2.45, 2.75) is 0 Å². The van der Waals surface area contributed by atoms with Crippen LogP contribution < -0.4 is 5.32 Å². The third-order valence-electron chi connectivity index (χ3n) is 2.54. The van der Waals surface area contributed by atoms with E-state index in [1.807, 2.05) is 0 Å². The van der Waals surface area contributed by atoms with Gasteiger partial charge in [0, 0.05) is 10.0 Å². The highest BCUT2D eigenvalue weighted by molar-refractivity contribution is 9.10. The predicted molar refractivity (Wildman–Crippen MR) is 81.8 cm³/mol. The maximum Gasteiger partial charge on any atom is 0.322 e. The number of hydrogen-bond acceptors (Lipinski definition) is 5. The molecule has 2 heterocycles. The number of anilines is 1. The molecule has 0 saturated heterocycles. The van der Waals surface area contributed by atoms with Crippen molar-refractivity contribution in [3.63, 3.8) is 0 Å². The summed E-state index contributed by atoms with van der Waals surface area (Å²) in [7, 11) is 0. The minimum absolute atomic E-state index is 0.00504. The molecule has 0 unspecified atom stereocenters. The average Bonchev–Trinajstić information content (AvgIpc) is 3.08. The van der Waals surface area contributed by atoms with Gasteiger partial charge < -0.3 is 8.83 Å². The summed E-state index contributed by atoms with van der Waals surface area (Å²) in [6.45, 7) is 0. The largest absolute Gasteiger partial charge is 0.444 e. The number of hydrogen-bond donors (Lipinski definition) is 1. The van der Waals surface area contributed by atoms with Gasteiger partial charge in [-0.15, -0.1) is 5.10 Å². The van der Waals surface area contributed by atoms with Crippen LogP contribution in [0.25, 0.3) is 11.7 Å². The Morgan fingerprint density at radius 2 is 1.76 bits per heavy atom. The molecule has 6 nitrogen and oxygen atoms in total. The second-order valence-corrected chi connectivity index (χ2v) is 5.67. The maximum atomic E-state index is 12.0. The van der Waals surface area contributed by atoms with E-state index in [0.717, 1.165) is 4.47 Å². The van der Waals surface area contributed by atoms with Crippen LogP contribution in [0.3, 0.4) is 0 Å². The number of amides is 1. The zero-order valence-electron chi connectivity index (χ0n) is 10.3. The molecule has 1 N–H and O–H groups in total. The van der Waals surface area contributed by atoms with E-state index in [0.29, 0.717) is 16.0 Å². The standard InChI is InChI=1S/C13H7Br2N3O3/c14-8-3-1-7(2-4-8)11(19)16-13-18-17-12(21-13)9-5-6-10(15)20-9/h1-6H,(H,16,18,19). The minimum Gasteiger partial charge on any atom is -0.444 e. The lowest BCUT2D eigenvalue weighted by Crippen LogP contribution is -2.11. The fraction of sp³-hybridized carbons (Fsp3) is 0. The smallest absolute Gasteiger partial charge is 0.322 e. The topological polar surface area (TPSA) is 81.2 Å². The third kappa shape index (κ3) is 3.22. The van der Waals surface area contributed by atoms with Crippen LogP contribution in [0.15, 0.2) is 54.4 Å². The Hall–Kier alpha value is -1.93. The van der Waals surface area contributed by atoms with Crippen molar-refractivity contribution in [2.75, 3.05) is 5.32 Å². The summed E-state index contributed by atoms with van der Waals surface area (Å²) in [5.41, 5.74) is 0.485. The zero-order chi connectivity index (χ0) is 14.8. The van der Waals surface area contributed by atoms with Crippen molar-refractivity contribution in [3.05, 3.63) is 51.1 Å². The fourth-order valence-corrected chi connectivity index (χ4v) is 2.14. The molecule has 0 bridgehead atoms. The van der Waals surface area contributed by atoms with Crippen LogP contribution >= 0.6 is 31.9 Å². The normalized spacial score (nSPS) is 10.6. The van der Waals surface area contributed by atoms with Crippen LogP contribution in [0.4, 0.5) is 6.01 Å². The van der Waals surface area contributed by atoms with Crippen LogP contribution in [0.5, 0.6) is 0 Å². The van der Waals surface area contributed by atoms with Gasteiger partial charge in [-0.2, -0.15) is 0 Å². The van der Waals surface area contributed by atoms with Gasteiger partial charge in [-0.3, -0.25) is 10.1 Å². The van der Waals surface area contributed by atoms with Crippen molar-refractivity contribution in [2.24, 2.45) is 0 Å². The average molecular weight is 413 g/mol. The summed E-state index contributed by atoms with van der Waals surface area (Å²) in [5, 5.41) is 10.1. The first-order chi connectivity index (χ1) is 10.1. The van der Waals surface area contributed by atoms with E-state index in [-0.39, 0.29) is 17.8 Å². The minimum atomic E-state index is -0.335. The van der Waals surface area contributed by atoms with Gasteiger partial charge in [-0.05, 0) is 52.3 Å². The van der Waals surface area contributed by atoms with Gasteiger partial charge in [0.2, 0.25) is 0 Å². The predicted octanol–water partition coefficient (Wildman–Crippen LogP) is 4.11. The molecule has 3 aromatic rings. The molecule has 0 spiro atoms. The number of benzene rings is 1. The molecule has 8 heteroatoms. The first-order valence-corrected chi connectivity index (χ1v) is 7.36. The van der Waals surface area contributed by atoms with Crippen molar-refractivity contribution >= 4 is 43.8 Å². The summed E-state index contributed by atoms with van der Waals surface area (Å²) in [6, 6.07) is 10.3. The SMILES string of the molecule is O=C(Nc1nnc(-c2ccc(Br)o2)o1)c1ccc(Br)cc1. The molecule has 1 amide bonds. The van der Waals surface area contributed by atoms with Crippen molar-refractivity contribution < 1.29 is 13.6 Å². The highest BCUT2D eigenvalue weighted by Crippen LogP contribution is 2.25. The number of halogens is 2. The lowest BCUT2D eigenvalue weighted by molar-refractivity contribution is 0.102. The lowest BCUT2D eigenvalue weighted by Gasteiger charge is -2.00. The van der Waals surface area contributed by atoms with E-state index in [1.54, 1.807) is 36.4 Å². The molecule has 0 fully saturated rings. The van der Waals surface area contributed by atoms with Gasteiger partial charge in [0.05, 0.1) is 0 Å². The Morgan fingerprint density at radius 3 is 2.43 bits per heavy atom. The van der Waals surface area contributed by atoms with Crippen LogP contribution in [0, 0.1) is 0 Å². The van der Waals surface area contributed by atoms with Crippen LogP contribution in [-0.2, 0) is 0 Å². The second-order valence-electron chi connectivity index (χ2n) is 3.98. The number of nitrogens with zero attached hydrogens (tertiary/aromatic N) is 2. The van der Waals surface area contributed by atoms with E-state index >= 15 is 0 Å². The zero-order valence-corrected chi connectivity index (χ0v) is 13.5. The Balaban J connectivity index is 1.75. The first-order valence-electron chi connectivity index (χ1n) is 5.78. The fourth-order valence-electron chi connectivity index (χ4n) is 1.57. The Kier molecular flexibility index (Phi) is 3.89. The van der Waals surface area contributed by atoms with Gasteiger partial charge >= 0.3 is 6.01 Å². The Labute approximate surface area is 135 Å². The number of rotatable bonds is 3. The molecule has 0 atom stereocenters. The third-order valence-corrected chi connectivity index (χ3v) is 3.49. The molecule has 0 saturated carbocycles. The van der Waals surface area contributed by atoms with Gasteiger partial charge in [-0.25, -0.2) is 0 Å². The summed E-state index contributed by atoms with van der Waals surface area (Å²) >= 11 is 6.49. The summed E-state index contributed by atoms with van der Waals surface area (Å²) < 4.78 is 12.1. The van der Waals surface area contributed by atoms with Crippen molar-refractivity contribution in [3.8, 4) is 11.7 Å². The quantitative estimate of drug-likeness (QED) is 0.700. The molecule has 0 aliphatic carbocycles. The highest BCUT2D eigenvalue weighted by Gasteiger charge is 2.14. The molecule has 21 heavy (non-hydrogen) atoms. The first kappa shape index (κ1) is 14.0. The van der Waals surface area contributed by atoms with Gasteiger partial charge in [0.1, 0.15) is 0 Å². The Morgan fingerprint density at radius 1 is 1.00 bits per heavy atom. The van der Waals surface area contributed by atoms with E-state index < -0.39 is 0 Å². The van der Waals surface area contributed by atoms with Gasteiger partial charge in [-0.1, -0.05) is 21.0 Å². The molecular formula is C13H7Br2N3O3. The molecule has 3 rings (SSSR count). The molecule has 1 aromatic carbocycles. The van der Waals surface area contributed by atoms with E-state index in [2.05, 4.69) is 47.4 Å². The van der Waals surface area contributed by atoms with E-state index in [1.165, 1.54) is 0 Å². The highest BCUT2D eigenvalue weighted by atomic mass is 79.9. The summed E-state index contributed by atoms with van der Waals surface area (Å²) in [6.07, 6.45) is 0. The lowest BCUT2D eigenvalue weighted by atomic mass is 10.2. The van der Waals surface area contributed by atoms with Crippen LogP contribution in [-0.4, -0.2) is 16.1 Å². The van der Waals surface area contributed by atoms with Crippen molar-refractivity contribution in [1.82, 2.24) is 10.2 Å². The molecule has 0 aliphatic heterocycles. The number of furan rings is 1. The molecular weight excluding hydrogens is 406 g/mol. The summed E-state index contributed by atoms with van der Waals surface area (Å²) in [5.74, 6) is 0.267. The molecule has 0 aliphatic rings. The van der Waals surface area contributed by atoms with Crippen LogP contribution in [0.1, 0.15) is 10.4 Å². The number of aromatic nitrogens is 2. The van der Waals surface area contributed by atoms with E-state index in [9.17, 15) is 4.79 Å². The van der Waals surface area contributed by atoms with Gasteiger partial charge in [0.15, 0.2) is 10.4 Å². The maximum absolute atomic E-state index is 12.0. The summed E-state index contributed by atoms with van der Waals surface area (Å²) in [4.78, 5) is 12.0.